The van der Waals surface area contributed by atoms with Crippen molar-refractivity contribution in [1.82, 2.24) is 4.98 Å². The monoisotopic (exact) mass is 303 g/mol. The Morgan fingerprint density at radius 2 is 2.28 bits per heavy atom. The first-order valence-electron chi connectivity index (χ1n) is 5.21. The van der Waals surface area contributed by atoms with Gasteiger partial charge in [0.2, 0.25) is 5.91 Å². The first-order chi connectivity index (χ1) is 8.19. The Kier molecular flexibility index (Phi) is 5.74. The molecule has 0 aliphatic rings. The van der Waals surface area contributed by atoms with E-state index in [1.807, 2.05) is 11.4 Å². The molecule has 0 aliphatic carbocycles. The molecular weight excluding hydrogens is 290 g/mol. The molecule has 18 heavy (non-hydrogen) atoms. The van der Waals surface area contributed by atoms with Crippen molar-refractivity contribution in [2.75, 3.05) is 11.9 Å². The van der Waals surface area contributed by atoms with Gasteiger partial charge >= 0.3 is 0 Å². The van der Waals surface area contributed by atoms with E-state index in [9.17, 15) is 4.79 Å². The average molecular weight is 304 g/mol. The van der Waals surface area contributed by atoms with Crippen LogP contribution in [0.1, 0.15) is 11.3 Å². The second-order valence-corrected chi connectivity index (χ2v) is 5.68. The number of nitrogens with one attached hydrogen (secondary N) is 1. The van der Waals surface area contributed by atoms with Crippen LogP contribution in [0.15, 0.2) is 17.5 Å². The fourth-order valence-electron chi connectivity index (χ4n) is 1.33. The lowest BCUT2D eigenvalue weighted by Crippen LogP contribution is -2.15. The average Bonchev–Trinajstić information content (AvgIpc) is 2.87. The lowest BCUT2D eigenvalue weighted by atomic mass is 10.4. The number of anilines is 1. The van der Waals surface area contributed by atoms with E-state index in [1.54, 1.807) is 11.3 Å². The number of nitrogens with zero attached hydrogens (tertiary/aromatic N) is 1. The number of halogens is 1. The van der Waals surface area contributed by atoms with Crippen molar-refractivity contribution in [1.29, 1.82) is 0 Å². The molecule has 0 fully saturated rings. The van der Waals surface area contributed by atoms with Crippen molar-refractivity contribution < 1.29 is 4.79 Å². The summed E-state index contributed by atoms with van der Waals surface area (Å²) in [6, 6.07) is 4.10. The van der Waals surface area contributed by atoms with Gasteiger partial charge in [-0.3, -0.25) is 4.79 Å². The third-order valence-electron chi connectivity index (χ3n) is 2.11. The maximum Gasteiger partial charge on any atom is 0.227 e. The number of carbonyl (C=O) groups is 1. The van der Waals surface area contributed by atoms with Crippen molar-refractivity contribution >= 4 is 46.1 Å². The smallest absolute Gasteiger partial charge is 0.227 e. The van der Waals surface area contributed by atoms with Crippen LogP contribution in [0.2, 0.25) is 0 Å². The Labute approximate surface area is 120 Å². The molecule has 0 atom stereocenters. The summed E-state index contributed by atoms with van der Waals surface area (Å²) >= 11 is 3.13. The van der Waals surface area contributed by atoms with Gasteiger partial charge in [0.15, 0.2) is 5.13 Å². The minimum atomic E-state index is -0.0873. The summed E-state index contributed by atoms with van der Waals surface area (Å²) in [7, 11) is 0. The predicted molar refractivity (Wildman–Crippen MR) is 79.7 cm³/mol. The van der Waals surface area contributed by atoms with Crippen molar-refractivity contribution in [2.45, 2.75) is 13.3 Å². The molecule has 2 aromatic rings. The summed E-state index contributed by atoms with van der Waals surface area (Å²) in [5, 5.41) is 5.31. The van der Waals surface area contributed by atoms with E-state index in [2.05, 4.69) is 23.3 Å². The van der Waals surface area contributed by atoms with Crippen LogP contribution < -0.4 is 11.1 Å². The van der Waals surface area contributed by atoms with Crippen LogP contribution >= 0.6 is 35.1 Å². The zero-order chi connectivity index (χ0) is 12.3. The number of thiazole rings is 1. The Bertz CT molecular complexity index is 524. The van der Waals surface area contributed by atoms with E-state index < -0.39 is 0 Å². The molecule has 98 valence electrons. The quantitative estimate of drug-likeness (QED) is 0.912. The number of rotatable bonds is 4. The molecule has 7 heteroatoms. The van der Waals surface area contributed by atoms with Crippen LogP contribution in [0.5, 0.6) is 0 Å². The Morgan fingerprint density at radius 3 is 2.89 bits per heavy atom. The second-order valence-electron chi connectivity index (χ2n) is 3.54. The number of aryl methyl sites for hydroxylation is 1. The first kappa shape index (κ1) is 15.1. The molecule has 3 N–H and O–H groups in total. The van der Waals surface area contributed by atoms with Crippen molar-refractivity contribution in [3.8, 4) is 10.6 Å². The van der Waals surface area contributed by atoms with Crippen LogP contribution in [0.25, 0.3) is 10.6 Å². The largest absolute Gasteiger partial charge is 0.330 e. The molecule has 1 amide bonds. The summed E-state index contributed by atoms with van der Waals surface area (Å²) in [6.07, 6.45) is 0.326. The molecule has 0 bridgehead atoms. The summed E-state index contributed by atoms with van der Waals surface area (Å²) < 4.78 is 0. The number of nitrogens with two attached hydrogens (primary N) is 1. The van der Waals surface area contributed by atoms with E-state index in [0.717, 1.165) is 10.6 Å². The molecule has 0 radical (unpaired) electrons. The fourth-order valence-corrected chi connectivity index (χ4v) is 2.96. The zero-order valence-corrected chi connectivity index (χ0v) is 12.3. The van der Waals surface area contributed by atoms with Gasteiger partial charge in [0.05, 0.1) is 10.6 Å². The number of thiophene rings is 1. The van der Waals surface area contributed by atoms with Gasteiger partial charge in [-0.1, -0.05) is 0 Å². The summed E-state index contributed by atoms with van der Waals surface area (Å²) in [6.45, 7) is 2.42. The number of amides is 1. The maximum atomic E-state index is 11.3. The van der Waals surface area contributed by atoms with Crippen molar-refractivity contribution in [2.24, 2.45) is 5.73 Å². The summed E-state index contributed by atoms with van der Waals surface area (Å²) in [4.78, 5) is 18.1. The number of hydrogen-bond donors (Lipinski definition) is 2. The molecule has 2 aromatic heterocycles. The van der Waals surface area contributed by atoms with Gasteiger partial charge in [-0.05, 0) is 19.1 Å². The van der Waals surface area contributed by atoms with Crippen LogP contribution in [0, 0.1) is 6.92 Å². The summed E-state index contributed by atoms with van der Waals surface area (Å²) in [5.41, 5.74) is 6.22. The Morgan fingerprint density at radius 1 is 1.50 bits per heavy atom. The lowest BCUT2D eigenvalue weighted by molar-refractivity contribution is -0.116. The van der Waals surface area contributed by atoms with Crippen molar-refractivity contribution in [3.05, 3.63) is 22.4 Å². The van der Waals surface area contributed by atoms with Crippen LogP contribution in [-0.2, 0) is 4.79 Å². The normalized spacial score (nSPS) is 9.89. The lowest BCUT2D eigenvalue weighted by Gasteiger charge is -1.98. The molecule has 0 saturated heterocycles. The van der Waals surface area contributed by atoms with Crippen LogP contribution in [0.4, 0.5) is 5.13 Å². The zero-order valence-electron chi connectivity index (χ0n) is 9.80. The van der Waals surface area contributed by atoms with Crippen LogP contribution in [0.3, 0.4) is 0 Å². The third-order valence-corrected chi connectivity index (χ3v) is 3.90. The van der Waals surface area contributed by atoms with E-state index in [4.69, 9.17) is 5.73 Å². The standard InChI is InChI=1S/C11H13N3OS2.ClH/c1-7-2-3-9(17-7)8-6-16-11(13-8)14-10(15)4-5-12;/h2-3,6H,4-5,12H2,1H3,(H,13,14,15);1H. The van der Waals surface area contributed by atoms with Gasteiger partial charge in [0, 0.05) is 23.2 Å². The van der Waals surface area contributed by atoms with Crippen molar-refractivity contribution in [3.63, 3.8) is 0 Å². The van der Waals surface area contributed by atoms with E-state index >= 15 is 0 Å². The minimum Gasteiger partial charge on any atom is -0.330 e. The fraction of sp³-hybridized carbons (Fsp3) is 0.273. The Hall–Kier alpha value is -0.950. The molecular formula is C11H14ClN3OS2. The summed E-state index contributed by atoms with van der Waals surface area (Å²) in [5.74, 6) is -0.0873. The van der Waals surface area contributed by atoms with Gasteiger partial charge in [-0.15, -0.1) is 35.1 Å². The molecule has 2 rings (SSSR count). The van der Waals surface area contributed by atoms with Gasteiger partial charge in [-0.25, -0.2) is 4.98 Å². The van der Waals surface area contributed by atoms with E-state index in [0.29, 0.717) is 18.1 Å². The third kappa shape index (κ3) is 3.78. The maximum absolute atomic E-state index is 11.3. The van der Waals surface area contributed by atoms with Gasteiger partial charge in [-0.2, -0.15) is 0 Å². The van der Waals surface area contributed by atoms with Crippen LogP contribution in [-0.4, -0.2) is 17.4 Å². The molecule has 0 aromatic carbocycles. The predicted octanol–water partition coefficient (Wildman–Crippen LogP) is 2.89. The van der Waals surface area contributed by atoms with Gasteiger partial charge in [0.25, 0.3) is 0 Å². The minimum absolute atomic E-state index is 0. The first-order valence-corrected chi connectivity index (χ1v) is 6.91. The number of aromatic nitrogens is 1. The molecule has 0 unspecified atom stereocenters. The molecule has 0 aliphatic heterocycles. The molecule has 4 nitrogen and oxygen atoms in total. The topological polar surface area (TPSA) is 68.0 Å². The van der Waals surface area contributed by atoms with E-state index in [1.165, 1.54) is 16.2 Å². The highest BCUT2D eigenvalue weighted by molar-refractivity contribution is 7.17. The SMILES string of the molecule is Cc1ccc(-c2csc(NC(=O)CCN)n2)s1.Cl. The highest BCUT2D eigenvalue weighted by Gasteiger charge is 2.08. The number of hydrogen-bond acceptors (Lipinski definition) is 5. The molecule has 0 saturated carbocycles. The highest BCUT2D eigenvalue weighted by atomic mass is 35.5. The molecule has 2 heterocycles. The number of carbonyl (C=O) groups excluding carboxylic acids is 1. The second kappa shape index (κ2) is 6.84. The van der Waals surface area contributed by atoms with E-state index in [-0.39, 0.29) is 18.3 Å². The highest BCUT2D eigenvalue weighted by Crippen LogP contribution is 2.30. The molecule has 0 spiro atoms. The van der Waals surface area contributed by atoms with Gasteiger partial charge in [0.1, 0.15) is 0 Å². The van der Waals surface area contributed by atoms with Gasteiger partial charge < -0.3 is 11.1 Å². The Balaban J connectivity index is 0.00000162.